The van der Waals surface area contributed by atoms with Gasteiger partial charge in [0.2, 0.25) is 5.78 Å². The molecule has 6 atom stereocenters. The molecule has 2 aromatic carbocycles. The van der Waals surface area contributed by atoms with Gasteiger partial charge in [0.15, 0.2) is 11.4 Å². The Morgan fingerprint density at radius 2 is 1.70 bits per heavy atom. The Bertz CT molecular complexity index is 1580. The number of ether oxygens (including phenoxy) is 1. The van der Waals surface area contributed by atoms with Crippen molar-refractivity contribution in [3.63, 3.8) is 0 Å². The van der Waals surface area contributed by atoms with Crippen molar-refractivity contribution in [3.05, 3.63) is 82.1 Å². The number of Topliss-reactive ketones (excluding diaryl/α,β-unsaturated/α-hetero) is 2. The van der Waals surface area contributed by atoms with Gasteiger partial charge in [-0.05, 0) is 50.0 Å². The summed E-state index contributed by atoms with van der Waals surface area (Å²) in [6.07, 6.45) is -0.670. The zero-order valence-corrected chi connectivity index (χ0v) is 24.0. The van der Waals surface area contributed by atoms with Gasteiger partial charge >= 0.3 is 5.97 Å². The molecule has 226 valence electrons. The maximum Gasteiger partial charge on any atom is 0.305 e. The van der Waals surface area contributed by atoms with E-state index >= 15 is 0 Å². The fourth-order valence-corrected chi connectivity index (χ4v) is 7.05. The van der Waals surface area contributed by atoms with Crippen LogP contribution < -0.4 is 5.73 Å². The smallest absolute Gasteiger partial charge is 0.305 e. The Morgan fingerprint density at radius 1 is 1.02 bits per heavy atom. The number of hydrogen-bond acceptors (Lipinski definition) is 10. The fraction of sp³-hybridized carbons (Fsp3) is 0.375. The number of fused-ring (bicyclic) bond motifs is 3. The third-order valence-corrected chi connectivity index (χ3v) is 8.91. The number of primary amides is 1. The van der Waals surface area contributed by atoms with Crippen molar-refractivity contribution < 1.29 is 44.3 Å². The van der Waals surface area contributed by atoms with E-state index in [0.717, 1.165) is 5.56 Å². The normalized spacial score (nSPS) is 28.3. The van der Waals surface area contributed by atoms with Crippen LogP contribution in [0.5, 0.6) is 5.75 Å². The van der Waals surface area contributed by atoms with Crippen LogP contribution in [0.3, 0.4) is 0 Å². The van der Waals surface area contributed by atoms with Gasteiger partial charge in [0.05, 0.1) is 17.5 Å². The Morgan fingerprint density at radius 3 is 2.30 bits per heavy atom. The van der Waals surface area contributed by atoms with Crippen LogP contribution in [0.15, 0.2) is 65.4 Å². The lowest BCUT2D eigenvalue weighted by atomic mass is 9.53. The van der Waals surface area contributed by atoms with Crippen molar-refractivity contribution in [1.82, 2.24) is 4.90 Å². The largest absolute Gasteiger partial charge is 0.508 e. The van der Waals surface area contributed by atoms with E-state index in [9.17, 15) is 39.6 Å². The predicted molar refractivity (Wildman–Crippen MR) is 154 cm³/mol. The molecule has 1 saturated carbocycles. The van der Waals surface area contributed by atoms with Crippen molar-refractivity contribution in [2.75, 3.05) is 14.1 Å². The van der Waals surface area contributed by atoms with Gasteiger partial charge in [0.1, 0.15) is 28.9 Å². The number of carbonyl (C=O) groups excluding carboxylic acids is 4. The first-order chi connectivity index (χ1) is 20.4. The summed E-state index contributed by atoms with van der Waals surface area (Å²) in [5.41, 5.74) is 2.54. The van der Waals surface area contributed by atoms with Crippen molar-refractivity contribution in [2.24, 2.45) is 17.6 Å². The number of rotatable bonds is 7. The molecule has 3 aliphatic rings. The van der Waals surface area contributed by atoms with Gasteiger partial charge in [-0.1, -0.05) is 49.4 Å². The molecule has 2 aromatic rings. The fourth-order valence-electron chi connectivity index (χ4n) is 7.05. The third kappa shape index (κ3) is 4.50. The predicted octanol–water partition coefficient (Wildman–Crippen LogP) is 2.07. The molecule has 6 N–H and O–H groups in total. The van der Waals surface area contributed by atoms with Crippen LogP contribution in [0.4, 0.5) is 0 Å². The van der Waals surface area contributed by atoms with Gasteiger partial charge < -0.3 is 30.9 Å². The number of ketones is 2. The molecule has 43 heavy (non-hydrogen) atoms. The number of likely N-dealkylation sites (N-methyl/N-ethyl adjacent to an activating group) is 1. The van der Waals surface area contributed by atoms with Gasteiger partial charge in [-0.15, -0.1) is 0 Å². The van der Waals surface area contributed by atoms with Gasteiger partial charge in [0.25, 0.3) is 5.91 Å². The first kappa shape index (κ1) is 30.0. The number of hydrogen-bond donors (Lipinski definition) is 5. The lowest BCUT2D eigenvalue weighted by Crippen LogP contribution is -2.71. The van der Waals surface area contributed by atoms with Gasteiger partial charge in [-0.3, -0.25) is 24.1 Å². The lowest BCUT2D eigenvalue weighted by molar-refractivity contribution is -0.185. The maximum atomic E-state index is 14.5. The topological polar surface area (TPSA) is 188 Å². The number of aryl methyl sites for hydroxylation is 1. The van der Waals surface area contributed by atoms with Crippen molar-refractivity contribution in [1.29, 1.82) is 0 Å². The molecule has 1 fully saturated rings. The summed E-state index contributed by atoms with van der Waals surface area (Å²) >= 11 is 0. The van der Waals surface area contributed by atoms with Crippen LogP contribution in [0.1, 0.15) is 42.4 Å². The summed E-state index contributed by atoms with van der Waals surface area (Å²) in [5, 5.41) is 45.9. The van der Waals surface area contributed by atoms with E-state index in [2.05, 4.69) is 0 Å². The second-order valence-electron chi connectivity index (χ2n) is 11.5. The van der Waals surface area contributed by atoms with E-state index in [1.807, 2.05) is 30.3 Å². The first-order valence-electron chi connectivity index (χ1n) is 14.1. The molecule has 11 heteroatoms. The Kier molecular flexibility index (Phi) is 7.66. The lowest BCUT2D eigenvalue weighted by Gasteiger charge is -2.55. The molecule has 1 amide bonds. The van der Waals surface area contributed by atoms with E-state index < -0.39 is 76.0 Å². The molecule has 0 heterocycles. The quantitative estimate of drug-likeness (QED) is 0.236. The molecule has 0 aromatic heterocycles. The number of aromatic hydroxyl groups is 1. The molecule has 0 spiro atoms. The van der Waals surface area contributed by atoms with Crippen LogP contribution in [-0.2, 0) is 30.3 Å². The standard InChI is InChI=1S/C32H34N2O9/c1-4-19(36)43-28-21-17(14-13-15-9-6-5-7-10-15)16-11-8-12-18(35)20(16)26(37)22(21)29(39)32(42)24(28)25(34(2)3)27(38)23(30(32)40)31(33)41/h5-12,17,21,24-25,28,35,37,40,42H,4,13-14H2,1-3H3,(H2,33,41)/t17-,21+,24+,25?,28-,32-/m0/s1. The van der Waals surface area contributed by atoms with Crippen LogP contribution >= 0.6 is 0 Å². The van der Waals surface area contributed by atoms with Crippen LogP contribution in [-0.4, -0.2) is 80.6 Å². The number of aliphatic hydroxyl groups is 3. The average Bonchev–Trinajstić information content (AvgIpc) is 2.96. The first-order valence-corrected chi connectivity index (χ1v) is 14.1. The minimum Gasteiger partial charge on any atom is -0.508 e. The molecular formula is C32H34N2O9. The summed E-state index contributed by atoms with van der Waals surface area (Å²) in [6, 6.07) is 12.7. The number of amides is 1. The number of phenolic OH excluding ortho intramolecular Hbond substituents is 1. The minimum absolute atomic E-state index is 0.0302. The molecule has 3 aliphatic carbocycles. The number of carbonyl (C=O) groups is 4. The van der Waals surface area contributed by atoms with Crippen LogP contribution in [0.2, 0.25) is 0 Å². The molecule has 11 nitrogen and oxygen atoms in total. The zero-order chi connectivity index (χ0) is 31.4. The van der Waals surface area contributed by atoms with Crippen molar-refractivity contribution in [2.45, 2.75) is 49.9 Å². The van der Waals surface area contributed by atoms with Crippen LogP contribution in [0.25, 0.3) is 5.76 Å². The Balaban J connectivity index is 1.82. The summed E-state index contributed by atoms with van der Waals surface area (Å²) in [5.74, 6) is -9.77. The molecule has 0 saturated heterocycles. The number of aliphatic hydroxyl groups excluding tert-OH is 2. The van der Waals surface area contributed by atoms with Gasteiger partial charge in [-0.2, -0.15) is 0 Å². The molecule has 5 rings (SSSR count). The second kappa shape index (κ2) is 11.0. The highest BCUT2D eigenvalue weighted by molar-refractivity contribution is 6.24. The second-order valence-corrected chi connectivity index (χ2v) is 11.5. The number of nitrogens with two attached hydrogens (primary N) is 1. The molecular weight excluding hydrogens is 556 g/mol. The SMILES string of the molecule is CCC(=O)O[C@H]1[C@H]2C(=C(O)c3c(O)cccc3[C@@H]2CCc2ccccc2)C(=O)[C@]2(O)C(O)=C(C(N)=O)C(=O)C(N(C)C)[C@H]12. The average molecular weight is 591 g/mol. The summed E-state index contributed by atoms with van der Waals surface area (Å²) in [7, 11) is 2.97. The number of benzene rings is 2. The van der Waals surface area contributed by atoms with E-state index in [4.69, 9.17) is 10.5 Å². The number of nitrogens with zero attached hydrogens (tertiary/aromatic N) is 1. The van der Waals surface area contributed by atoms with Crippen molar-refractivity contribution in [3.8, 4) is 5.75 Å². The zero-order valence-electron chi connectivity index (χ0n) is 24.0. The van der Waals surface area contributed by atoms with E-state index in [1.165, 1.54) is 25.1 Å². The van der Waals surface area contributed by atoms with E-state index in [1.54, 1.807) is 19.1 Å². The highest BCUT2D eigenvalue weighted by atomic mass is 16.5. The minimum atomic E-state index is -2.97. The highest BCUT2D eigenvalue weighted by Gasteiger charge is 2.69. The molecule has 0 radical (unpaired) electrons. The van der Waals surface area contributed by atoms with Gasteiger partial charge in [-0.25, -0.2) is 0 Å². The van der Waals surface area contributed by atoms with Gasteiger partial charge in [0, 0.05) is 17.9 Å². The highest BCUT2D eigenvalue weighted by Crippen LogP contribution is 2.58. The summed E-state index contributed by atoms with van der Waals surface area (Å²) in [6.45, 7) is 1.55. The van der Waals surface area contributed by atoms with E-state index in [-0.39, 0.29) is 23.3 Å². The van der Waals surface area contributed by atoms with E-state index in [0.29, 0.717) is 18.4 Å². The van der Waals surface area contributed by atoms with Crippen molar-refractivity contribution >= 4 is 29.2 Å². The number of phenols is 1. The summed E-state index contributed by atoms with van der Waals surface area (Å²) in [4.78, 5) is 54.8. The third-order valence-electron chi connectivity index (χ3n) is 8.91. The Labute approximate surface area is 247 Å². The molecule has 0 aliphatic heterocycles. The monoisotopic (exact) mass is 590 g/mol. The molecule has 1 unspecified atom stereocenters. The maximum absolute atomic E-state index is 14.5. The summed E-state index contributed by atoms with van der Waals surface area (Å²) < 4.78 is 5.95. The Hall–Kier alpha value is -4.48. The molecule has 0 bridgehead atoms. The number of esters is 1. The van der Waals surface area contributed by atoms with Crippen LogP contribution in [0, 0.1) is 11.8 Å².